The molecule has 0 aliphatic carbocycles. The van der Waals surface area contributed by atoms with Gasteiger partial charge in [0.25, 0.3) is 0 Å². The Morgan fingerprint density at radius 2 is 0.870 bits per heavy atom. The first kappa shape index (κ1) is 15.9. The molecule has 0 heterocycles. The molecule has 0 saturated heterocycles. The summed E-state index contributed by atoms with van der Waals surface area (Å²) in [5.41, 5.74) is 0. The van der Waals surface area contributed by atoms with Crippen molar-refractivity contribution in [2.45, 2.75) is 20.0 Å². The fourth-order valence-electron chi connectivity index (χ4n) is 2.86. The Balaban J connectivity index is 2.30. The topological polar surface area (TPSA) is 9.23 Å². The second kappa shape index (κ2) is 7.08. The van der Waals surface area contributed by atoms with Crippen LogP contribution in [-0.2, 0) is 4.52 Å². The maximum Gasteiger partial charge on any atom is 0.242 e. The minimum atomic E-state index is -2.11. The Morgan fingerprint density at radius 1 is 0.565 bits per heavy atom. The van der Waals surface area contributed by atoms with Gasteiger partial charge in [-0.2, -0.15) is 0 Å². The van der Waals surface area contributed by atoms with E-state index in [1.165, 1.54) is 15.9 Å². The zero-order chi connectivity index (χ0) is 16.1. The van der Waals surface area contributed by atoms with Gasteiger partial charge in [-0.05, 0) is 50.2 Å². The largest absolute Gasteiger partial charge is 0.242 e. The summed E-state index contributed by atoms with van der Waals surface area (Å²) in [4.78, 5) is 0. The summed E-state index contributed by atoms with van der Waals surface area (Å²) in [6, 6.07) is 31.9. The Morgan fingerprint density at radius 3 is 1.13 bits per heavy atom. The normalized spacial score (nSPS) is 11.6. The van der Waals surface area contributed by atoms with Gasteiger partial charge in [-0.25, -0.2) is 4.52 Å². The third kappa shape index (κ3) is 3.22. The molecule has 3 aromatic rings. The van der Waals surface area contributed by atoms with E-state index in [2.05, 4.69) is 105 Å². The first-order chi connectivity index (χ1) is 11.2. The van der Waals surface area contributed by atoms with Gasteiger partial charge in [0, 0.05) is 0 Å². The van der Waals surface area contributed by atoms with Crippen LogP contribution in [0, 0.1) is 0 Å². The Kier molecular flexibility index (Phi) is 4.91. The van der Waals surface area contributed by atoms with Gasteiger partial charge in [-0.15, -0.1) is 0 Å². The standard InChI is InChI=1S/C21H22OP/c1-18(2)22-23(19-12-6-3-7-13-19,20-14-8-4-9-15-20)21-16-10-5-11-17-21/h3-18H,1-2H3/q+1. The maximum absolute atomic E-state index is 6.71. The lowest BCUT2D eigenvalue weighted by molar-refractivity contribution is 0.272. The third-order valence-electron chi connectivity index (χ3n) is 3.73. The van der Waals surface area contributed by atoms with Crippen molar-refractivity contribution in [1.82, 2.24) is 0 Å². The number of rotatable bonds is 5. The average molecular weight is 321 g/mol. The SMILES string of the molecule is CC(C)O[P+](c1ccccc1)(c1ccccc1)c1ccccc1. The maximum atomic E-state index is 6.71. The Bertz CT molecular complexity index is 627. The predicted molar refractivity (Wildman–Crippen MR) is 101 cm³/mol. The summed E-state index contributed by atoms with van der Waals surface area (Å²) in [5, 5.41) is 3.77. The van der Waals surface area contributed by atoms with Gasteiger partial charge >= 0.3 is 0 Å². The second-order valence-electron chi connectivity index (χ2n) is 5.77. The monoisotopic (exact) mass is 321 g/mol. The van der Waals surface area contributed by atoms with Crippen molar-refractivity contribution in [2.75, 3.05) is 0 Å². The van der Waals surface area contributed by atoms with Gasteiger partial charge in [-0.1, -0.05) is 54.6 Å². The van der Waals surface area contributed by atoms with Crippen molar-refractivity contribution >= 4 is 23.4 Å². The molecular weight excluding hydrogens is 299 g/mol. The lowest BCUT2D eigenvalue weighted by atomic mass is 10.4. The molecule has 0 bridgehead atoms. The van der Waals surface area contributed by atoms with Crippen LogP contribution in [0.25, 0.3) is 0 Å². The van der Waals surface area contributed by atoms with Crippen LogP contribution >= 0.6 is 7.49 Å². The first-order valence-electron chi connectivity index (χ1n) is 7.98. The highest BCUT2D eigenvalue weighted by molar-refractivity contribution is 7.91. The number of benzene rings is 3. The fraction of sp³-hybridized carbons (Fsp3) is 0.143. The van der Waals surface area contributed by atoms with Gasteiger partial charge < -0.3 is 0 Å². The molecule has 0 amide bonds. The quantitative estimate of drug-likeness (QED) is 0.636. The molecule has 3 rings (SSSR count). The molecule has 0 aromatic heterocycles. The molecule has 0 radical (unpaired) electrons. The highest BCUT2D eigenvalue weighted by Crippen LogP contribution is 2.57. The lowest BCUT2D eigenvalue weighted by Gasteiger charge is -2.27. The van der Waals surface area contributed by atoms with Gasteiger partial charge in [0.05, 0.1) is 6.10 Å². The summed E-state index contributed by atoms with van der Waals surface area (Å²) in [6.07, 6.45) is 0.143. The van der Waals surface area contributed by atoms with Gasteiger partial charge in [0.15, 0.2) is 0 Å². The summed E-state index contributed by atoms with van der Waals surface area (Å²) in [5.74, 6) is 0. The van der Waals surface area contributed by atoms with Crippen LogP contribution < -0.4 is 15.9 Å². The van der Waals surface area contributed by atoms with Crippen LogP contribution in [0.1, 0.15) is 13.8 Å². The van der Waals surface area contributed by atoms with E-state index in [1.54, 1.807) is 0 Å². The summed E-state index contributed by atoms with van der Waals surface area (Å²) < 4.78 is 6.71. The van der Waals surface area contributed by atoms with Crippen molar-refractivity contribution in [3.63, 3.8) is 0 Å². The molecule has 0 spiro atoms. The number of hydrogen-bond donors (Lipinski definition) is 0. The molecule has 1 nitrogen and oxygen atoms in total. The zero-order valence-corrected chi connectivity index (χ0v) is 14.5. The molecule has 2 heteroatoms. The fourth-order valence-corrected chi connectivity index (χ4v) is 6.53. The predicted octanol–water partition coefficient (Wildman–Crippen LogP) is 4.32. The van der Waals surface area contributed by atoms with Crippen molar-refractivity contribution in [3.05, 3.63) is 91.0 Å². The molecule has 23 heavy (non-hydrogen) atoms. The summed E-state index contributed by atoms with van der Waals surface area (Å²) >= 11 is 0. The van der Waals surface area contributed by atoms with Crippen LogP contribution in [0.2, 0.25) is 0 Å². The van der Waals surface area contributed by atoms with E-state index < -0.39 is 7.49 Å². The van der Waals surface area contributed by atoms with Crippen LogP contribution in [0.3, 0.4) is 0 Å². The van der Waals surface area contributed by atoms with Crippen molar-refractivity contribution in [2.24, 2.45) is 0 Å². The third-order valence-corrected chi connectivity index (χ3v) is 7.54. The molecule has 0 N–H and O–H groups in total. The molecule has 0 unspecified atom stereocenters. The molecule has 116 valence electrons. The molecule has 0 atom stereocenters. The van der Waals surface area contributed by atoms with Crippen molar-refractivity contribution in [1.29, 1.82) is 0 Å². The molecular formula is C21H22OP+. The Labute approximate surface area is 139 Å². The lowest BCUT2D eigenvalue weighted by Crippen LogP contribution is -2.34. The minimum Gasteiger partial charge on any atom is -0.219 e. The molecule has 0 aliphatic rings. The molecule has 0 fully saturated rings. The second-order valence-corrected chi connectivity index (χ2v) is 8.75. The van der Waals surface area contributed by atoms with E-state index in [9.17, 15) is 0 Å². The van der Waals surface area contributed by atoms with E-state index in [-0.39, 0.29) is 6.10 Å². The smallest absolute Gasteiger partial charge is 0.219 e. The Hall–Kier alpha value is -1.95. The first-order valence-corrected chi connectivity index (χ1v) is 9.68. The number of hydrogen-bond acceptors (Lipinski definition) is 1. The average Bonchev–Trinajstić information content (AvgIpc) is 2.62. The summed E-state index contributed by atoms with van der Waals surface area (Å²) in [7, 11) is -2.11. The van der Waals surface area contributed by atoms with Crippen LogP contribution in [0.15, 0.2) is 91.0 Å². The molecule has 0 aliphatic heterocycles. The molecule has 3 aromatic carbocycles. The highest BCUT2D eigenvalue weighted by atomic mass is 31.2. The van der Waals surface area contributed by atoms with Crippen LogP contribution in [0.5, 0.6) is 0 Å². The van der Waals surface area contributed by atoms with Gasteiger partial charge in [0.1, 0.15) is 15.9 Å². The van der Waals surface area contributed by atoms with Crippen molar-refractivity contribution < 1.29 is 4.52 Å². The van der Waals surface area contributed by atoms with Crippen LogP contribution in [0.4, 0.5) is 0 Å². The van der Waals surface area contributed by atoms with E-state index in [0.717, 1.165) is 0 Å². The highest BCUT2D eigenvalue weighted by Gasteiger charge is 2.48. The van der Waals surface area contributed by atoms with Crippen LogP contribution in [-0.4, -0.2) is 6.10 Å². The van der Waals surface area contributed by atoms with E-state index in [4.69, 9.17) is 4.52 Å². The zero-order valence-electron chi connectivity index (χ0n) is 13.6. The van der Waals surface area contributed by atoms with Gasteiger partial charge in [0.2, 0.25) is 7.49 Å². The van der Waals surface area contributed by atoms with Crippen molar-refractivity contribution in [3.8, 4) is 0 Å². The minimum absolute atomic E-state index is 0.143. The van der Waals surface area contributed by atoms with E-state index in [1.807, 2.05) is 0 Å². The van der Waals surface area contributed by atoms with E-state index in [0.29, 0.717) is 0 Å². The van der Waals surface area contributed by atoms with Gasteiger partial charge in [-0.3, -0.25) is 0 Å². The molecule has 0 saturated carbocycles. The summed E-state index contributed by atoms with van der Waals surface area (Å²) in [6.45, 7) is 4.23. The van der Waals surface area contributed by atoms with E-state index >= 15 is 0 Å².